The summed E-state index contributed by atoms with van der Waals surface area (Å²) in [5.41, 5.74) is 2.07. The fourth-order valence-electron chi connectivity index (χ4n) is 3.42. The number of rotatable bonds is 9. The van der Waals surface area contributed by atoms with Gasteiger partial charge in [0.25, 0.3) is 5.91 Å². The van der Waals surface area contributed by atoms with Gasteiger partial charge in [-0.25, -0.2) is 0 Å². The molecule has 0 bridgehead atoms. The summed E-state index contributed by atoms with van der Waals surface area (Å²) >= 11 is 0. The Kier molecular flexibility index (Phi) is 7.03. The van der Waals surface area contributed by atoms with Crippen LogP contribution in [0.1, 0.15) is 40.9 Å². The second-order valence-corrected chi connectivity index (χ2v) is 7.03. The average molecular weight is 407 g/mol. The first-order valence-corrected chi connectivity index (χ1v) is 9.74. The van der Waals surface area contributed by atoms with Crippen LogP contribution in [0.5, 0.6) is 5.75 Å². The zero-order chi connectivity index (χ0) is 21.5. The monoisotopic (exact) mass is 407 g/mol. The molecule has 0 heterocycles. The number of hydrogen-bond acceptors (Lipinski definition) is 4. The third kappa shape index (κ3) is 5.15. The molecular formula is C24H25NO5. The maximum Gasteiger partial charge on any atom is 0.303 e. The Bertz CT molecular complexity index is 1040. The summed E-state index contributed by atoms with van der Waals surface area (Å²) in [7, 11) is 1.51. The molecule has 0 saturated carbocycles. The van der Waals surface area contributed by atoms with E-state index in [9.17, 15) is 9.59 Å². The molecule has 0 aliphatic carbocycles. The summed E-state index contributed by atoms with van der Waals surface area (Å²) < 4.78 is 10.4. The normalized spacial score (nSPS) is 11.8. The Labute approximate surface area is 175 Å². The van der Waals surface area contributed by atoms with Crippen molar-refractivity contribution in [3.8, 4) is 5.75 Å². The van der Waals surface area contributed by atoms with Gasteiger partial charge in [-0.2, -0.15) is 0 Å². The van der Waals surface area contributed by atoms with Crippen LogP contribution in [0.25, 0.3) is 10.8 Å². The summed E-state index contributed by atoms with van der Waals surface area (Å²) in [4.78, 5) is 24.1. The van der Waals surface area contributed by atoms with Crippen LogP contribution in [0.3, 0.4) is 0 Å². The van der Waals surface area contributed by atoms with Crippen LogP contribution in [-0.4, -0.2) is 30.9 Å². The molecule has 6 heteroatoms. The zero-order valence-electron chi connectivity index (χ0n) is 17.1. The van der Waals surface area contributed by atoms with Crippen molar-refractivity contribution in [3.05, 3.63) is 77.4 Å². The number of carboxylic acids is 1. The average Bonchev–Trinajstić information content (AvgIpc) is 2.75. The van der Waals surface area contributed by atoms with Crippen molar-refractivity contribution in [1.29, 1.82) is 0 Å². The lowest BCUT2D eigenvalue weighted by Gasteiger charge is -2.18. The topological polar surface area (TPSA) is 84.9 Å². The molecule has 0 unspecified atom stereocenters. The fraction of sp³-hybridized carbons (Fsp3) is 0.250. The molecule has 156 valence electrons. The number of nitrogens with one attached hydrogen (secondary N) is 1. The van der Waals surface area contributed by atoms with Gasteiger partial charge >= 0.3 is 5.97 Å². The molecule has 0 radical (unpaired) electrons. The summed E-state index contributed by atoms with van der Waals surface area (Å²) in [5, 5.41) is 14.3. The van der Waals surface area contributed by atoms with Crippen LogP contribution in [0, 0.1) is 0 Å². The SMILES string of the molecule is COCOc1ccc(CCC(=O)O)c(C(=O)N[C@H](C)c2cccc3ccccc23)c1. The first-order chi connectivity index (χ1) is 14.5. The molecule has 0 aromatic heterocycles. The maximum atomic E-state index is 13.1. The Balaban J connectivity index is 1.87. The third-order valence-corrected chi connectivity index (χ3v) is 4.92. The van der Waals surface area contributed by atoms with Crippen molar-refractivity contribution in [2.45, 2.75) is 25.8 Å². The molecule has 6 nitrogen and oxygen atoms in total. The maximum absolute atomic E-state index is 13.1. The molecular weight excluding hydrogens is 382 g/mol. The highest BCUT2D eigenvalue weighted by Gasteiger charge is 2.18. The van der Waals surface area contributed by atoms with E-state index in [0.717, 1.165) is 16.3 Å². The standard InChI is InChI=1S/C24H25NO5/c1-16(20-9-5-7-17-6-3-4-8-21(17)20)25-24(28)22-14-19(30-15-29-2)12-10-18(22)11-13-23(26)27/h3-10,12,14,16H,11,13,15H2,1-2H3,(H,25,28)(H,26,27)/t16-/m1/s1. The third-order valence-electron chi connectivity index (χ3n) is 4.92. The number of aliphatic carboxylic acids is 1. The number of ether oxygens (including phenoxy) is 2. The van der Waals surface area contributed by atoms with E-state index in [0.29, 0.717) is 16.9 Å². The summed E-state index contributed by atoms with van der Waals surface area (Å²) in [6.45, 7) is 1.99. The smallest absolute Gasteiger partial charge is 0.303 e. The second kappa shape index (κ2) is 9.89. The van der Waals surface area contributed by atoms with Gasteiger partial charge in [0.1, 0.15) is 5.75 Å². The van der Waals surface area contributed by atoms with E-state index in [2.05, 4.69) is 5.32 Å². The lowest BCUT2D eigenvalue weighted by Crippen LogP contribution is -2.28. The number of fused-ring (bicyclic) bond motifs is 1. The van der Waals surface area contributed by atoms with Crippen molar-refractivity contribution in [1.82, 2.24) is 5.32 Å². The highest BCUT2D eigenvalue weighted by atomic mass is 16.7. The highest BCUT2D eigenvalue weighted by molar-refractivity contribution is 5.97. The summed E-state index contributed by atoms with van der Waals surface area (Å²) in [6.07, 6.45) is 0.197. The number of aryl methyl sites for hydroxylation is 1. The van der Waals surface area contributed by atoms with E-state index in [1.54, 1.807) is 18.2 Å². The van der Waals surface area contributed by atoms with Gasteiger partial charge in [-0.3, -0.25) is 9.59 Å². The zero-order valence-corrected chi connectivity index (χ0v) is 17.1. The van der Waals surface area contributed by atoms with Crippen LogP contribution < -0.4 is 10.1 Å². The van der Waals surface area contributed by atoms with E-state index in [1.807, 2.05) is 49.4 Å². The van der Waals surface area contributed by atoms with Gasteiger partial charge in [0.15, 0.2) is 6.79 Å². The number of amides is 1. The molecule has 30 heavy (non-hydrogen) atoms. The van der Waals surface area contributed by atoms with Crippen molar-refractivity contribution >= 4 is 22.6 Å². The van der Waals surface area contributed by atoms with Gasteiger partial charge in [-0.05, 0) is 47.4 Å². The Hall–Kier alpha value is -3.38. The molecule has 2 N–H and O–H groups in total. The van der Waals surface area contributed by atoms with Crippen LogP contribution in [0.2, 0.25) is 0 Å². The molecule has 1 atom stereocenters. The number of benzene rings is 3. The van der Waals surface area contributed by atoms with Crippen LogP contribution in [0.4, 0.5) is 0 Å². The molecule has 0 saturated heterocycles. The van der Waals surface area contributed by atoms with Crippen molar-refractivity contribution in [2.24, 2.45) is 0 Å². The van der Waals surface area contributed by atoms with Crippen molar-refractivity contribution < 1.29 is 24.2 Å². The largest absolute Gasteiger partial charge is 0.481 e. The highest BCUT2D eigenvalue weighted by Crippen LogP contribution is 2.25. The second-order valence-electron chi connectivity index (χ2n) is 7.03. The predicted molar refractivity (Wildman–Crippen MR) is 115 cm³/mol. The van der Waals surface area contributed by atoms with Gasteiger partial charge in [0, 0.05) is 19.1 Å². The Morgan fingerprint density at radius 2 is 1.83 bits per heavy atom. The van der Waals surface area contributed by atoms with E-state index in [-0.39, 0.29) is 31.6 Å². The lowest BCUT2D eigenvalue weighted by atomic mass is 9.98. The van der Waals surface area contributed by atoms with E-state index in [4.69, 9.17) is 14.6 Å². The van der Waals surface area contributed by atoms with Gasteiger partial charge in [-0.1, -0.05) is 48.5 Å². The Morgan fingerprint density at radius 1 is 1.07 bits per heavy atom. The van der Waals surface area contributed by atoms with E-state index >= 15 is 0 Å². The number of carboxylic acid groups (broad SMARTS) is 1. The minimum absolute atomic E-state index is 0.0575. The predicted octanol–water partition coefficient (Wildman–Crippen LogP) is 4.33. The first kappa shape index (κ1) is 21.3. The van der Waals surface area contributed by atoms with Crippen molar-refractivity contribution in [2.75, 3.05) is 13.9 Å². The molecule has 0 aliphatic heterocycles. The quantitative estimate of drug-likeness (QED) is 0.516. The molecule has 3 aromatic carbocycles. The van der Waals surface area contributed by atoms with Crippen molar-refractivity contribution in [3.63, 3.8) is 0 Å². The molecule has 0 fully saturated rings. The number of carbonyl (C=O) groups is 2. The van der Waals surface area contributed by atoms with Gasteiger partial charge < -0.3 is 19.9 Å². The first-order valence-electron chi connectivity index (χ1n) is 9.74. The van der Waals surface area contributed by atoms with Crippen LogP contribution in [0.15, 0.2) is 60.7 Å². The van der Waals surface area contributed by atoms with Gasteiger partial charge in [-0.15, -0.1) is 0 Å². The molecule has 0 spiro atoms. The van der Waals surface area contributed by atoms with Gasteiger partial charge in [0.2, 0.25) is 0 Å². The van der Waals surface area contributed by atoms with Gasteiger partial charge in [0.05, 0.1) is 6.04 Å². The fourth-order valence-corrected chi connectivity index (χ4v) is 3.42. The number of hydrogen-bond donors (Lipinski definition) is 2. The molecule has 3 rings (SSSR count). The lowest BCUT2D eigenvalue weighted by molar-refractivity contribution is -0.136. The van der Waals surface area contributed by atoms with Crippen LogP contribution >= 0.6 is 0 Å². The minimum Gasteiger partial charge on any atom is -0.481 e. The van der Waals surface area contributed by atoms with Crippen LogP contribution in [-0.2, 0) is 16.0 Å². The van der Waals surface area contributed by atoms with E-state index < -0.39 is 5.97 Å². The summed E-state index contributed by atoms with van der Waals surface area (Å²) in [6, 6.07) is 18.9. The summed E-state index contributed by atoms with van der Waals surface area (Å²) in [5.74, 6) is -0.706. The Morgan fingerprint density at radius 3 is 2.60 bits per heavy atom. The van der Waals surface area contributed by atoms with E-state index in [1.165, 1.54) is 7.11 Å². The molecule has 1 amide bonds. The number of methoxy groups -OCH3 is 1. The molecule has 3 aromatic rings. The number of carbonyl (C=O) groups excluding carboxylic acids is 1. The molecule has 0 aliphatic rings. The minimum atomic E-state index is -0.912.